The van der Waals surface area contributed by atoms with Gasteiger partial charge in [-0.25, -0.2) is 14.6 Å². The number of aliphatic carboxylic acids is 3. The Morgan fingerprint density at radius 3 is 1.88 bits per heavy atom. The van der Waals surface area contributed by atoms with Crippen molar-refractivity contribution in [3.63, 3.8) is 0 Å². The number of hydrogen-bond acceptors (Lipinski definition) is 9. The minimum atomic E-state index is -2.74. The fourth-order valence-corrected chi connectivity index (χ4v) is 2.78. The molecule has 0 aliphatic rings. The zero-order valence-corrected chi connectivity index (χ0v) is 18.3. The molecule has 2 heterocycles. The van der Waals surface area contributed by atoms with E-state index in [4.69, 9.17) is 25.2 Å². The van der Waals surface area contributed by atoms with Crippen LogP contribution in [0.15, 0.2) is 9.59 Å². The summed E-state index contributed by atoms with van der Waals surface area (Å²) in [5.41, 5.74) is -3.08. The van der Waals surface area contributed by atoms with Gasteiger partial charge in [0.25, 0.3) is 5.56 Å². The number of esters is 1. The van der Waals surface area contributed by atoms with Crippen LogP contribution in [0.25, 0.3) is 11.2 Å². The second-order valence-corrected chi connectivity index (χ2v) is 6.92. The van der Waals surface area contributed by atoms with Crippen LogP contribution in [0.1, 0.15) is 25.6 Å². The highest BCUT2D eigenvalue weighted by molar-refractivity contribution is 5.88. The minimum absolute atomic E-state index is 0.0453. The number of aliphatic hydroxyl groups is 1. The molecule has 0 bridgehead atoms. The lowest BCUT2D eigenvalue weighted by atomic mass is 9.96. The van der Waals surface area contributed by atoms with Crippen LogP contribution in [-0.2, 0) is 51.5 Å². The van der Waals surface area contributed by atoms with Crippen LogP contribution in [0, 0.1) is 0 Å². The van der Waals surface area contributed by atoms with E-state index >= 15 is 0 Å². The predicted octanol–water partition coefficient (Wildman–Crippen LogP) is -2.17. The van der Waals surface area contributed by atoms with Crippen LogP contribution in [-0.4, -0.2) is 75.2 Å². The molecule has 0 unspecified atom stereocenters. The summed E-state index contributed by atoms with van der Waals surface area (Å²) in [6, 6.07) is 0. The van der Waals surface area contributed by atoms with Crippen LogP contribution in [0.4, 0.5) is 0 Å². The number of ether oxygens (including phenoxy) is 1. The Hall–Kier alpha value is -4.01. The summed E-state index contributed by atoms with van der Waals surface area (Å²) < 4.78 is 8.68. The van der Waals surface area contributed by atoms with E-state index in [0.717, 1.165) is 4.57 Å². The number of hydrogen-bond donors (Lipinski definition) is 4. The molecule has 2 rings (SSSR count). The van der Waals surface area contributed by atoms with Gasteiger partial charge < -0.3 is 29.7 Å². The van der Waals surface area contributed by atoms with E-state index in [2.05, 4.69) is 4.98 Å². The number of fused-ring (bicyclic) bond motifs is 1. The van der Waals surface area contributed by atoms with Crippen LogP contribution in [0.2, 0.25) is 0 Å². The first-order chi connectivity index (χ1) is 15.2. The molecule has 0 radical (unpaired) electrons. The molecule has 182 valence electrons. The Labute approximate surface area is 185 Å². The van der Waals surface area contributed by atoms with Gasteiger partial charge in [-0.05, 0) is 6.92 Å². The molecule has 0 spiro atoms. The highest BCUT2D eigenvalue weighted by atomic mass is 16.5. The molecule has 0 atom stereocenters. The zero-order valence-electron chi connectivity index (χ0n) is 18.3. The minimum Gasteiger partial charge on any atom is -0.481 e. The summed E-state index contributed by atoms with van der Waals surface area (Å²) in [6.07, 6.45) is -2.33. The molecule has 4 N–H and O–H groups in total. The zero-order chi connectivity index (χ0) is 25.7. The van der Waals surface area contributed by atoms with Crippen LogP contribution >= 0.6 is 0 Å². The van der Waals surface area contributed by atoms with Crippen molar-refractivity contribution in [3.05, 3.63) is 26.7 Å². The average Bonchev–Trinajstić information content (AvgIpc) is 3.00. The summed E-state index contributed by atoms with van der Waals surface area (Å²) >= 11 is 0. The monoisotopic (exact) mass is 472 g/mol. The van der Waals surface area contributed by atoms with Crippen molar-refractivity contribution in [2.75, 3.05) is 6.61 Å². The highest BCUT2D eigenvalue weighted by Crippen LogP contribution is 2.15. The van der Waals surface area contributed by atoms with E-state index in [-0.39, 0.29) is 24.2 Å². The Morgan fingerprint density at radius 2 is 1.45 bits per heavy atom. The third-order valence-electron chi connectivity index (χ3n) is 4.46. The maximum Gasteiger partial charge on any atom is 0.336 e. The third kappa shape index (κ3) is 6.25. The van der Waals surface area contributed by atoms with Gasteiger partial charge in [0.2, 0.25) is 0 Å². The van der Waals surface area contributed by atoms with Gasteiger partial charge >= 0.3 is 29.6 Å². The number of aryl methyl sites for hydroxylation is 2. The van der Waals surface area contributed by atoms with Gasteiger partial charge in [0, 0.05) is 21.1 Å². The van der Waals surface area contributed by atoms with Crippen molar-refractivity contribution < 1.29 is 44.3 Å². The fourth-order valence-electron chi connectivity index (χ4n) is 2.78. The molecule has 15 nitrogen and oxygen atoms in total. The number of imidazole rings is 1. The molecule has 0 saturated heterocycles. The fraction of sp³-hybridized carbons (Fsp3) is 0.500. The molecule has 15 heteroatoms. The van der Waals surface area contributed by atoms with Gasteiger partial charge in [0.1, 0.15) is 12.2 Å². The van der Waals surface area contributed by atoms with Gasteiger partial charge in [-0.15, -0.1) is 0 Å². The number of carboxylic acid groups (broad SMARTS) is 3. The van der Waals surface area contributed by atoms with Gasteiger partial charge in [0.05, 0.1) is 19.4 Å². The van der Waals surface area contributed by atoms with E-state index in [1.807, 2.05) is 0 Å². The molecule has 2 aromatic heterocycles. The lowest BCUT2D eigenvalue weighted by molar-refractivity contribution is -0.170. The second kappa shape index (κ2) is 10.5. The lowest BCUT2D eigenvalue weighted by Crippen LogP contribution is -2.42. The average molecular weight is 472 g/mol. The molecule has 33 heavy (non-hydrogen) atoms. The Balaban J connectivity index is 0.000000366. The topological polar surface area (TPSA) is 220 Å². The van der Waals surface area contributed by atoms with Gasteiger partial charge in [-0.3, -0.25) is 28.3 Å². The van der Waals surface area contributed by atoms with Gasteiger partial charge in [-0.1, -0.05) is 0 Å². The van der Waals surface area contributed by atoms with Crippen LogP contribution < -0.4 is 11.2 Å². The van der Waals surface area contributed by atoms with E-state index in [0.29, 0.717) is 5.82 Å². The molecule has 0 fully saturated rings. The van der Waals surface area contributed by atoms with Crippen molar-refractivity contribution >= 4 is 35.0 Å². The third-order valence-corrected chi connectivity index (χ3v) is 4.46. The second-order valence-electron chi connectivity index (χ2n) is 6.92. The van der Waals surface area contributed by atoms with Crippen molar-refractivity contribution in [2.45, 2.75) is 31.8 Å². The lowest BCUT2D eigenvalue weighted by Gasteiger charge is -2.18. The molecule has 0 aliphatic heterocycles. The maximum atomic E-state index is 12.1. The normalized spacial score (nSPS) is 10.9. The first kappa shape index (κ1) is 27.0. The molecule has 2 aromatic rings. The quantitative estimate of drug-likeness (QED) is 0.301. The molecule has 0 saturated carbocycles. The largest absolute Gasteiger partial charge is 0.481 e. The van der Waals surface area contributed by atoms with E-state index < -0.39 is 53.6 Å². The number of nitrogens with zero attached hydrogens (tertiary/aromatic N) is 4. The SMILES string of the molecule is CCOC(=O)Cc1nc2c(c(=O)n(C)c(=O)n2C)n1C.O=C(O)CC(O)(CC(=O)O)C(=O)O. The number of carbonyl (C=O) groups is 4. The summed E-state index contributed by atoms with van der Waals surface area (Å²) in [6.45, 7) is 2.00. The van der Waals surface area contributed by atoms with E-state index in [1.165, 1.54) is 23.2 Å². The smallest absolute Gasteiger partial charge is 0.336 e. The molecular weight excluding hydrogens is 448 g/mol. The summed E-state index contributed by atoms with van der Waals surface area (Å²) in [5, 5.41) is 33.8. The summed E-state index contributed by atoms with van der Waals surface area (Å²) in [7, 11) is 4.57. The summed E-state index contributed by atoms with van der Waals surface area (Å²) in [4.78, 5) is 70.2. The van der Waals surface area contributed by atoms with E-state index in [9.17, 15) is 28.8 Å². The van der Waals surface area contributed by atoms with Gasteiger partial charge in [-0.2, -0.15) is 0 Å². The first-order valence-corrected chi connectivity index (χ1v) is 9.32. The Bertz CT molecular complexity index is 1190. The standard InChI is InChI=1S/C12H16N4O4.C6H8O7/c1-5-20-8(17)6-7-13-10-9(14(7)2)11(18)16(4)12(19)15(10)3;7-3(8)1-6(13,5(11)12)2-4(9)10/h5-6H2,1-4H3;13H,1-2H2,(H,7,8)(H,9,10)(H,11,12). The van der Waals surface area contributed by atoms with Crippen molar-refractivity contribution in [1.29, 1.82) is 0 Å². The maximum absolute atomic E-state index is 12.1. The van der Waals surface area contributed by atoms with Gasteiger partial charge in [0.15, 0.2) is 16.8 Å². The highest BCUT2D eigenvalue weighted by Gasteiger charge is 2.40. The number of carbonyl (C=O) groups excluding carboxylic acids is 1. The van der Waals surface area contributed by atoms with Crippen molar-refractivity contribution in [3.8, 4) is 0 Å². The van der Waals surface area contributed by atoms with Crippen LogP contribution in [0.5, 0.6) is 0 Å². The molecule has 0 amide bonds. The van der Waals surface area contributed by atoms with Crippen molar-refractivity contribution in [1.82, 2.24) is 18.7 Å². The summed E-state index contributed by atoms with van der Waals surface area (Å²) in [5.74, 6) is -5.06. The molecule has 0 aliphatic carbocycles. The molecular formula is C18H24N4O11. The number of aromatic nitrogens is 4. The van der Waals surface area contributed by atoms with Crippen LogP contribution in [0.3, 0.4) is 0 Å². The number of carboxylic acids is 3. The number of rotatable bonds is 8. The molecule has 0 aromatic carbocycles. The predicted molar refractivity (Wildman–Crippen MR) is 109 cm³/mol. The Kier molecular flexibility index (Phi) is 8.63. The van der Waals surface area contributed by atoms with Crippen molar-refractivity contribution in [2.24, 2.45) is 21.1 Å². The first-order valence-electron chi connectivity index (χ1n) is 9.32. The Morgan fingerprint density at radius 1 is 0.939 bits per heavy atom. The van der Waals surface area contributed by atoms with E-state index in [1.54, 1.807) is 14.0 Å².